The molecule has 1 N–H and O–H groups in total. The molecule has 1 aromatic heterocycles. The van der Waals surface area contributed by atoms with Gasteiger partial charge in [0.25, 0.3) is 0 Å². The van der Waals surface area contributed by atoms with Crippen molar-refractivity contribution in [2.45, 2.75) is 38.9 Å². The maximum absolute atomic E-state index is 13.4. The number of anilines is 1. The van der Waals surface area contributed by atoms with E-state index in [0.717, 1.165) is 35.5 Å². The van der Waals surface area contributed by atoms with Gasteiger partial charge in [-0.3, -0.25) is 0 Å². The van der Waals surface area contributed by atoms with Crippen LogP contribution < -0.4 is 4.90 Å². The van der Waals surface area contributed by atoms with Crippen molar-refractivity contribution in [1.82, 2.24) is 14.3 Å². The minimum atomic E-state index is -3.98. The van der Waals surface area contributed by atoms with Gasteiger partial charge in [-0.25, -0.2) is 17.8 Å². The Hall–Kier alpha value is -2.71. The van der Waals surface area contributed by atoms with E-state index < -0.39 is 16.0 Å². The molecule has 164 valence electrons. The summed E-state index contributed by atoms with van der Waals surface area (Å²) in [6.45, 7) is 2.93. The third kappa shape index (κ3) is 4.80. The van der Waals surface area contributed by atoms with Gasteiger partial charge in [-0.15, -0.1) is 0 Å². The molecule has 8 heteroatoms. The van der Waals surface area contributed by atoms with E-state index in [9.17, 15) is 12.8 Å². The van der Waals surface area contributed by atoms with Crippen molar-refractivity contribution in [3.05, 3.63) is 83.4 Å². The van der Waals surface area contributed by atoms with Crippen molar-refractivity contribution in [3.8, 4) is 0 Å². The van der Waals surface area contributed by atoms with Gasteiger partial charge < -0.3 is 9.88 Å². The quantitative estimate of drug-likeness (QED) is 0.604. The molecule has 0 saturated heterocycles. The number of nitrogens with one attached hydrogen (secondary N) is 1. The zero-order valence-electron chi connectivity index (χ0n) is 17.5. The summed E-state index contributed by atoms with van der Waals surface area (Å²) in [5.74, 6) is 0. The van der Waals surface area contributed by atoms with Crippen molar-refractivity contribution in [2.24, 2.45) is 0 Å². The zero-order chi connectivity index (χ0) is 21.8. The average molecular weight is 443 g/mol. The van der Waals surface area contributed by atoms with E-state index in [0.29, 0.717) is 6.54 Å². The summed E-state index contributed by atoms with van der Waals surface area (Å²) in [5, 5.41) is 0. The highest BCUT2D eigenvalue weighted by molar-refractivity contribution is 7.88. The Balaban J connectivity index is 1.72. The predicted molar refractivity (Wildman–Crippen MR) is 120 cm³/mol. The van der Waals surface area contributed by atoms with Crippen molar-refractivity contribution < 1.29 is 12.8 Å². The second-order valence-electron chi connectivity index (χ2n) is 7.92. The first-order valence-corrected chi connectivity index (χ1v) is 12.0. The van der Waals surface area contributed by atoms with Crippen LogP contribution in [0.15, 0.2) is 60.9 Å². The molecule has 0 spiro atoms. The molecule has 31 heavy (non-hydrogen) atoms. The highest BCUT2D eigenvalue weighted by Crippen LogP contribution is 2.32. The number of alkyl halides is 1. The van der Waals surface area contributed by atoms with E-state index in [4.69, 9.17) is 0 Å². The van der Waals surface area contributed by atoms with Gasteiger partial charge in [-0.2, -0.15) is 4.31 Å². The van der Waals surface area contributed by atoms with Crippen molar-refractivity contribution >= 4 is 15.7 Å². The third-order valence-electron chi connectivity index (χ3n) is 5.90. The Morgan fingerprint density at radius 2 is 1.87 bits per heavy atom. The van der Waals surface area contributed by atoms with Crippen LogP contribution in [-0.4, -0.2) is 41.3 Å². The molecule has 1 atom stereocenters. The lowest BCUT2D eigenvalue weighted by Gasteiger charge is -2.34. The van der Waals surface area contributed by atoms with Crippen LogP contribution in [-0.2, 0) is 29.5 Å². The molecule has 1 aliphatic rings. The third-order valence-corrected chi connectivity index (χ3v) is 7.24. The van der Waals surface area contributed by atoms with Crippen LogP contribution in [0.25, 0.3) is 0 Å². The Morgan fingerprint density at radius 1 is 1.13 bits per heavy atom. The Kier molecular flexibility index (Phi) is 6.38. The maximum atomic E-state index is 13.4. The van der Waals surface area contributed by atoms with Crippen molar-refractivity contribution in [1.29, 1.82) is 0 Å². The molecule has 3 aromatic rings. The summed E-state index contributed by atoms with van der Waals surface area (Å²) in [4.78, 5) is 9.81. The number of rotatable bonds is 7. The topological polar surface area (TPSA) is 69.3 Å². The van der Waals surface area contributed by atoms with E-state index in [1.807, 2.05) is 49.4 Å². The predicted octanol–water partition coefficient (Wildman–Crippen LogP) is 3.80. The first-order chi connectivity index (χ1) is 15.0. The summed E-state index contributed by atoms with van der Waals surface area (Å²) in [7, 11) is -3.98. The Bertz CT molecular complexity index is 1120. The zero-order valence-corrected chi connectivity index (χ0v) is 18.4. The summed E-state index contributed by atoms with van der Waals surface area (Å²) < 4.78 is 39.8. The van der Waals surface area contributed by atoms with Gasteiger partial charge in [-0.1, -0.05) is 48.5 Å². The summed E-state index contributed by atoms with van der Waals surface area (Å²) in [5.41, 5.74) is 4.93. The van der Waals surface area contributed by atoms with Crippen LogP contribution in [0.5, 0.6) is 0 Å². The number of imidazole rings is 1. The number of aromatic amines is 1. The molecule has 2 heterocycles. The normalized spacial score (nSPS) is 17.4. The number of fused-ring (bicyclic) bond motifs is 1. The molecule has 0 fully saturated rings. The van der Waals surface area contributed by atoms with E-state index >= 15 is 0 Å². The highest BCUT2D eigenvalue weighted by atomic mass is 32.2. The number of hydrogen-bond donors (Lipinski definition) is 1. The second kappa shape index (κ2) is 9.20. The second-order valence-corrected chi connectivity index (χ2v) is 9.82. The number of sulfonamides is 1. The fraction of sp³-hybridized carbons (Fsp3) is 0.348. The number of hydrogen-bond acceptors (Lipinski definition) is 4. The van der Waals surface area contributed by atoms with E-state index in [1.54, 1.807) is 6.33 Å². The molecule has 2 aromatic carbocycles. The lowest BCUT2D eigenvalue weighted by atomic mass is 10.0. The standard InChI is InChI=1S/C23H27FN4O2S/c1-18-22(26-17-25-18)15-28-21(12-11-19-7-3-2-4-8-19)14-27(31(29,30)16-24)13-20-9-5-6-10-23(20)28/h2-10,17,21H,11-16H2,1H3,(H,25,26)/t21-/m1/s1. The van der Waals surface area contributed by atoms with Crippen LogP contribution in [0, 0.1) is 6.92 Å². The van der Waals surface area contributed by atoms with Gasteiger partial charge >= 0.3 is 0 Å². The van der Waals surface area contributed by atoms with Gasteiger partial charge in [0.15, 0.2) is 0 Å². The maximum Gasteiger partial charge on any atom is 0.243 e. The number of aryl methyl sites for hydroxylation is 2. The number of para-hydroxylation sites is 1. The van der Waals surface area contributed by atoms with Crippen LogP contribution in [0.4, 0.5) is 10.1 Å². The molecule has 0 saturated carbocycles. The van der Waals surface area contributed by atoms with E-state index in [1.165, 1.54) is 9.87 Å². The van der Waals surface area contributed by atoms with Crippen molar-refractivity contribution in [3.63, 3.8) is 0 Å². The molecular formula is C23H27FN4O2S. The lowest BCUT2D eigenvalue weighted by Crippen LogP contribution is -2.44. The summed E-state index contributed by atoms with van der Waals surface area (Å²) in [6, 6.07) is 16.4. The van der Waals surface area contributed by atoms with Crippen LogP contribution >= 0.6 is 0 Å². The molecule has 4 rings (SSSR count). The van der Waals surface area contributed by atoms with Crippen molar-refractivity contribution in [2.75, 3.05) is 17.5 Å². The van der Waals surface area contributed by atoms with Gasteiger partial charge in [0.1, 0.15) is 0 Å². The molecule has 0 radical (unpaired) electrons. The molecule has 0 bridgehead atoms. The largest absolute Gasteiger partial charge is 0.361 e. The Labute approximate surface area is 182 Å². The SMILES string of the molecule is Cc1[nH]cnc1CN1c2ccccc2CN(S(=O)(=O)CF)C[C@H]1CCc1ccccc1. The van der Waals surface area contributed by atoms with E-state index in [-0.39, 0.29) is 19.1 Å². The average Bonchev–Trinajstić information content (AvgIpc) is 3.11. The van der Waals surface area contributed by atoms with Crippen LogP contribution in [0.1, 0.15) is 28.9 Å². The first kappa shape index (κ1) is 21.5. The van der Waals surface area contributed by atoms with Gasteiger partial charge in [0.2, 0.25) is 16.0 Å². The minimum absolute atomic E-state index is 0.124. The molecule has 0 unspecified atom stereocenters. The molecule has 0 amide bonds. The monoisotopic (exact) mass is 442 g/mol. The number of halogens is 1. The van der Waals surface area contributed by atoms with E-state index in [2.05, 4.69) is 27.0 Å². The number of aromatic nitrogens is 2. The molecule has 1 aliphatic heterocycles. The fourth-order valence-electron chi connectivity index (χ4n) is 4.14. The molecule has 6 nitrogen and oxygen atoms in total. The van der Waals surface area contributed by atoms with Gasteiger partial charge in [0.05, 0.1) is 18.6 Å². The van der Waals surface area contributed by atoms with Gasteiger partial charge in [-0.05, 0) is 37.0 Å². The molecule has 0 aliphatic carbocycles. The summed E-state index contributed by atoms with van der Waals surface area (Å²) in [6.07, 6.45) is 3.21. The minimum Gasteiger partial charge on any atom is -0.361 e. The lowest BCUT2D eigenvalue weighted by molar-refractivity contribution is 0.360. The van der Waals surface area contributed by atoms with Gasteiger partial charge in [0, 0.05) is 30.5 Å². The van der Waals surface area contributed by atoms with Crippen LogP contribution in [0.2, 0.25) is 0 Å². The fourth-order valence-corrected chi connectivity index (χ4v) is 5.01. The number of nitrogens with zero attached hydrogens (tertiary/aromatic N) is 3. The smallest absolute Gasteiger partial charge is 0.243 e. The molecular weight excluding hydrogens is 415 g/mol. The first-order valence-electron chi connectivity index (χ1n) is 10.4. The summed E-state index contributed by atoms with van der Waals surface area (Å²) >= 11 is 0. The number of H-pyrrole nitrogens is 1. The highest BCUT2D eigenvalue weighted by Gasteiger charge is 2.33. The van der Waals surface area contributed by atoms with Crippen LogP contribution in [0.3, 0.4) is 0 Å². The Morgan fingerprint density at radius 3 is 2.58 bits per heavy atom. The number of benzene rings is 2.